The van der Waals surface area contributed by atoms with Crippen LogP contribution in [-0.2, 0) is 0 Å². The van der Waals surface area contributed by atoms with Gasteiger partial charge in [-0.05, 0) is 17.7 Å². The van der Waals surface area contributed by atoms with Gasteiger partial charge in [0.2, 0.25) is 5.82 Å². The largest absolute Gasteiger partial charge is 0.503 e. The molecule has 1 aliphatic rings. The number of amides is 2. The fourth-order valence-corrected chi connectivity index (χ4v) is 3.29. The van der Waals surface area contributed by atoms with Crippen molar-refractivity contribution in [1.82, 2.24) is 0 Å². The summed E-state index contributed by atoms with van der Waals surface area (Å²) >= 11 is 0. The molecule has 0 aromatic heterocycles. The van der Waals surface area contributed by atoms with Crippen LogP contribution in [-0.4, -0.2) is 21.8 Å². The molecule has 0 saturated heterocycles. The number of anilines is 1. The van der Waals surface area contributed by atoms with Gasteiger partial charge in [-0.3, -0.25) is 19.7 Å². The molecule has 9 heteroatoms. The molecular weight excluding hydrogens is 386 g/mol. The number of imide groups is 1. The monoisotopic (exact) mass is 396 g/mol. The van der Waals surface area contributed by atoms with Crippen molar-refractivity contribution in [3.8, 4) is 16.9 Å². The molecule has 3 aromatic rings. The van der Waals surface area contributed by atoms with Crippen molar-refractivity contribution in [1.29, 1.82) is 0 Å². The normalized spacial score (nSPS) is 13.0. The molecule has 0 spiro atoms. The molecule has 0 unspecified atom stereocenters. The Kier molecular flexibility index (Phi) is 4.08. The van der Waals surface area contributed by atoms with E-state index in [4.69, 9.17) is 0 Å². The average Bonchev–Trinajstić information content (AvgIpc) is 2.97. The van der Waals surface area contributed by atoms with Gasteiger partial charge < -0.3 is 5.11 Å². The number of aromatic hydroxyl groups is 1. The standard InChI is InChI=1S/C20H10F2N2O5/c21-13-9-12(10-5-2-1-3-6-10)17(18(25)16(13)22)23-19(26)11-7-4-8-14(24(28)29)15(11)20(23)27/h1-9,25H. The van der Waals surface area contributed by atoms with Crippen molar-refractivity contribution >= 4 is 23.2 Å². The second kappa shape index (κ2) is 6.48. The van der Waals surface area contributed by atoms with Crippen molar-refractivity contribution < 1.29 is 28.4 Å². The van der Waals surface area contributed by atoms with Crippen LogP contribution >= 0.6 is 0 Å². The van der Waals surface area contributed by atoms with E-state index in [2.05, 4.69) is 0 Å². The van der Waals surface area contributed by atoms with Crippen LogP contribution in [0.4, 0.5) is 20.2 Å². The first-order valence-electron chi connectivity index (χ1n) is 8.25. The van der Waals surface area contributed by atoms with Crippen LogP contribution in [0.1, 0.15) is 20.7 Å². The molecule has 0 aliphatic carbocycles. The zero-order chi connectivity index (χ0) is 20.9. The lowest BCUT2D eigenvalue weighted by Crippen LogP contribution is -2.30. The molecule has 3 aromatic carbocycles. The van der Waals surface area contributed by atoms with E-state index >= 15 is 0 Å². The summed E-state index contributed by atoms with van der Waals surface area (Å²) < 4.78 is 28.2. The minimum atomic E-state index is -1.65. The number of hydrogen-bond acceptors (Lipinski definition) is 5. The highest BCUT2D eigenvalue weighted by molar-refractivity contribution is 6.36. The zero-order valence-corrected chi connectivity index (χ0v) is 14.4. The van der Waals surface area contributed by atoms with Gasteiger partial charge in [0.05, 0.1) is 10.5 Å². The minimum absolute atomic E-state index is 0.126. The third-order valence-electron chi connectivity index (χ3n) is 4.57. The van der Waals surface area contributed by atoms with Gasteiger partial charge >= 0.3 is 0 Å². The number of phenolic OH excluding ortho intramolecular Hbond substituents is 1. The molecule has 0 radical (unpaired) electrons. The maximum atomic E-state index is 14.1. The van der Waals surface area contributed by atoms with Crippen LogP contribution < -0.4 is 4.90 Å². The van der Waals surface area contributed by atoms with Gasteiger partial charge in [-0.15, -0.1) is 0 Å². The highest BCUT2D eigenvalue weighted by Gasteiger charge is 2.44. The molecule has 29 heavy (non-hydrogen) atoms. The Morgan fingerprint density at radius 2 is 1.62 bits per heavy atom. The second-order valence-electron chi connectivity index (χ2n) is 6.19. The summed E-state index contributed by atoms with van der Waals surface area (Å²) in [5, 5.41) is 21.6. The number of nitro benzene ring substituents is 1. The summed E-state index contributed by atoms with van der Waals surface area (Å²) in [4.78, 5) is 36.7. The lowest BCUT2D eigenvalue weighted by atomic mass is 10.0. The van der Waals surface area contributed by atoms with Gasteiger partial charge in [0.25, 0.3) is 17.5 Å². The second-order valence-corrected chi connectivity index (χ2v) is 6.19. The predicted octanol–water partition coefficient (Wildman–Crippen LogP) is 4.05. The Bertz CT molecular complexity index is 1210. The Labute approximate surface area is 161 Å². The van der Waals surface area contributed by atoms with E-state index in [1.54, 1.807) is 18.2 Å². The highest BCUT2D eigenvalue weighted by atomic mass is 19.2. The number of nitrogens with zero attached hydrogens (tertiary/aromatic N) is 2. The van der Waals surface area contributed by atoms with E-state index < -0.39 is 51.1 Å². The molecule has 1 heterocycles. The lowest BCUT2D eigenvalue weighted by molar-refractivity contribution is -0.385. The van der Waals surface area contributed by atoms with E-state index in [0.717, 1.165) is 12.1 Å². The summed E-state index contributed by atoms with van der Waals surface area (Å²) in [5.41, 5.74) is -1.78. The summed E-state index contributed by atoms with van der Waals surface area (Å²) in [6.07, 6.45) is 0. The summed E-state index contributed by atoms with van der Waals surface area (Å²) in [6, 6.07) is 12.1. The number of nitro groups is 1. The number of hydrogen-bond donors (Lipinski definition) is 1. The number of halogens is 2. The van der Waals surface area contributed by atoms with E-state index in [-0.39, 0.29) is 11.1 Å². The van der Waals surface area contributed by atoms with Gasteiger partial charge in [-0.1, -0.05) is 36.4 Å². The van der Waals surface area contributed by atoms with Crippen molar-refractivity contribution in [2.45, 2.75) is 0 Å². The van der Waals surface area contributed by atoms with Crippen molar-refractivity contribution in [2.75, 3.05) is 4.90 Å². The Hall–Kier alpha value is -4.14. The molecular formula is C20H10F2N2O5. The first kappa shape index (κ1) is 18.2. The molecule has 7 nitrogen and oxygen atoms in total. The van der Waals surface area contributed by atoms with E-state index in [9.17, 15) is 33.6 Å². The predicted molar refractivity (Wildman–Crippen MR) is 97.7 cm³/mol. The molecule has 0 fully saturated rings. The molecule has 1 N–H and O–H groups in total. The minimum Gasteiger partial charge on any atom is -0.503 e. The molecule has 144 valence electrons. The molecule has 2 amide bonds. The number of fused-ring (bicyclic) bond motifs is 1. The van der Waals surface area contributed by atoms with Gasteiger partial charge in [0.15, 0.2) is 11.6 Å². The van der Waals surface area contributed by atoms with E-state index in [0.29, 0.717) is 10.5 Å². The third kappa shape index (κ3) is 2.63. The average molecular weight is 396 g/mol. The fraction of sp³-hybridized carbons (Fsp3) is 0. The van der Waals surface area contributed by atoms with Gasteiger partial charge in [-0.25, -0.2) is 9.29 Å². The van der Waals surface area contributed by atoms with Gasteiger partial charge in [0, 0.05) is 11.6 Å². The molecule has 0 saturated carbocycles. The molecule has 4 rings (SSSR count). The SMILES string of the molecule is O=C1c2cccc([N+](=O)[O-])c2C(=O)N1c1c(-c2ccccc2)cc(F)c(F)c1O. The highest BCUT2D eigenvalue weighted by Crippen LogP contribution is 2.45. The summed E-state index contributed by atoms with van der Waals surface area (Å²) in [5.74, 6) is -6.39. The topological polar surface area (TPSA) is 101 Å². The number of carbonyl (C=O) groups is 2. The van der Waals surface area contributed by atoms with E-state index in [1.807, 2.05) is 0 Å². The first-order chi connectivity index (χ1) is 13.8. The molecule has 1 aliphatic heterocycles. The lowest BCUT2D eigenvalue weighted by Gasteiger charge is -2.20. The maximum Gasteiger partial charge on any atom is 0.283 e. The van der Waals surface area contributed by atoms with Crippen molar-refractivity contribution in [2.24, 2.45) is 0 Å². The number of phenols is 1. The quantitative estimate of drug-likeness (QED) is 0.409. The first-order valence-corrected chi connectivity index (χ1v) is 8.25. The van der Waals surface area contributed by atoms with Crippen LogP contribution in [0.2, 0.25) is 0 Å². The fourth-order valence-electron chi connectivity index (χ4n) is 3.29. The number of carbonyl (C=O) groups excluding carboxylic acids is 2. The van der Waals surface area contributed by atoms with Crippen LogP contribution in [0, 0.1) is 21.7 Å². The summed E-state index contributed by atoms with van der Waals surface area (Å²) in [6.45, 7) is 0. The van der Waals surface area contributed by atoms with Gasteiger partial charge in [-0.2, -0.15) is 4.39 Å². The van der Waals surface area contributed by atoms with Crippen LogP contribution in [0.5, 0.6) is 5.75 Å². The Balaban J connectivity index is 2.00. The third-order valence-corrected chi connectivity index (χ3v) is 4.57. The van der Waals surface area contributed by atoms with Crippen LogP contribution in [0.25, 0.3) is 11.1 Å². The maximum absolute atomic E-state index is 14.1. The smallest absolute Gasteiger partial charge is 0.283 e. The molecule has 0 atom stereocenters. The van der Waals surface area contributed by atoms with Gasteiger partial charge in [0.1, 0.15) is 11.3 Å². The number of benzene rings is 3. The number of rotatable bonds is 3. The Morgan fingerprint density at radius 1 is 0.931 bits per heavy atom. The van der Waals surface area contributed by atoms with Crippen molar-refractivity contribution in [3.05, 3.63) is 87.5 Å². The molecule has 0 bridgehead atoms. The van der Waals surface area contributed by atoms with Crippen LogP contribution in [0.15, 0.2) is 54.6 Å². The van der Waals surface area contributed by atoms with Crippen LogP contribution in [0.3, 0.4) is 0 Å². The summed E-state index contributed by atoms with van der Waals surface area (Å²) in [7, 11) is 0. The van der Waals surface area contributed by atoms with E-state index in [1.165, 1.54) is 24.3 Å². The van der Waals surface area contributed by atoms with Crippen molar-refractivity contribution in [3.63, 3.8) is 0 Å². The Morgan fingerprint density at radius 3 is 2.28 bits per heavy atom. The zero-order valence-electron chi connectivity index (χ0n) is 14.4.